The lowest BCUT2D eigenvalue weighted by Gasteiger charge is -2.20. The Bertz CT molecular complexity index is 307. The van der Waals surface area contributed by atoms with Crippen molar-refractivity contribution in [2.45, 2.75) is 58.7 Å². The summed E-state index contributed by atoms with van der Waals surface area (Å²) in [5, 5.41) is 0. The molecule has 1 aliphatic rings. The molecule has 0 aromatic rings. The minimum atomic E-state index is -0.115. The van der Waals surface area contributed by atoms with Gasteiger partial charge in [-0.05, 0) is 52.5 Å². The fourth-order valence-electron chi connectivity index (χ4n) is 1.94. The quantitative estimate of drug-likeness (QED) is 0.637. The van der Waals surface area contributed by atoms with E-state index in [0.29, 0.717) is 0 Å². The van der Waals surface area contributed by atoms with Crippen LogP contribution in [0.4, 0.5) is 0 Å². The van der Waals surface area contributed by atoms with Crippen molar-refractivity contribution in [1.29, 1.82) is 0 Å². The molecule has 0 bridgehead atoms. The SMILES string of the molecule is C=CC1(C)CCC(/C(C)=C/CC=C(C)C)O1. The Kier molecular flexibility index (Phi) is 4.55. The van der Waals surface area contributed by atoms with E-state index in [4.69, 9.17) is 4.74 Å². The van der Waals surface area contributed by atoms with E-state index in [9.17, 15) is 0 Å². The van der Waals surface area contributed by atoms with Crippen LogP contribution in [0.15, 0.2) is 36.0 Å². The normalized spacial score (nSPS) is 30.2. The van der Waals surface area contributed by atoms with Crippen molar-refractivity contribution in [3.63, 3.8) is 0 Å². The van der Waals surface area contributed by atoms with E-state index in [1.165, 1.54) is 11.1 Å². The van der Waals surface area contributed by atoms with Gasteiger partial charge < -0.3 is 4.74 Å². The highest BCUT2D eigenvalue weighted by atomic mass is 16.5. The summed E-state index contributed by atoms with van der Waals surface area (Å²) in [5.41, 5.74) is 2.60. The third-order valence-corrected chi connectivity index (χ3v) is 3.22. The van der Waals surface area contributed by atoms with Crippen molar-refractivity contribution in [3.05, 3.63) is 36.0 Å². The Morgan fingerprint density at radius 1 is 1.38 bits per heavy atom. The average Bonchev–Trinajstić information content (AvgIpc) is 2.61. The predicted molar refractivity (Wildman–Crippen MR) is 70.5 cm³/mol. The maximum absolute atomic E-state index is 6.01. The second-order valence-corrected chi connectivity index (χ2v) is 5.13. The zero-order valence-corrected chi connectivity index (χ0v) is 11.0. The molecule has 1 saturated heterocycles. The second kappa shape index (κ2) is 5.49. The molecular weight excluding hydrogens is 196 g/mol. The van der Waals surface area contributed by atoms with Crippen LogP contribution in [0, 0.1) is 0 Å². The average molecular weight is 220 g/mol. The molecule has 1 aliphatic heterocycles. The number of hydrogen-bond donors (Lipinski definition) is 0. The van der Waals surface area contributed by atoms with Crippen molar-refractivity contribution >= 4 is 0 Å². The first-order chi connectivity index (χ1) is 7.47. The van der Waals surface area contributed by atoms with Gasteiger partial charge in [0, 0.05) is 0 Å². The van der Waals surface area contributed by atoms with Crippen LogP contribution in [0.3, 0.4) is 0 Å². The van der Waals surface area contributed by atoms with Crippen LogP contribution >= 0.6 is 0 Å². The summed E-state index contributed by atoms with van der Waals surface area (Å²) in [6.07, 6.45) is 9.93. The molecule has 0 aliphatic carbocycles. The lowest BCUT2D eigenvalue weighted by molar-refractivity contribution is 0.0221. The van der Waals surface area contributed by atoms with Gasteiger partial charge in [0.2, 0.25) is 0 Å². The van der Waals surface area contributed by atoms with Gasteiger partial charge in [0.05, 0.1) is 11.7 Å². The third-order valence-electron chi connectivity index (χ3n) is 3.22. The fourth-order valence-corrected chi connectivity index (χ4v) is 1.94. The number of hydrogen-bond acceptors (Lipinski definition) is 1. The summed E-state index contributed by atoms with van der Waals surface area (Å²) in [7, 11) is 0. The lowest BCUT2D eigenvalue weighted by Crippen LogP contribution is -2.21. The molecule has 0 amide bonds. The maximum Gasteiger partial charge on any atom is 0.0841 e. The van der Waals surface area contributed by atoms with E-state index in [2.05, 4.69) is 46.4 Å². The summed E-state index contributed by atoms with van der Waals surface area (Å²) in [5.74, 6) is 0. The molecule has 0 N–H and O–H groups in total. The van der Waals surface area contributed by atoms with Crippen molar-refractivity contribution < 1.29 is 4.74 Å². The molecule has 0 aromatic heterocycles. The molecule has 0 aromatic carbocycles. The van der Waals surface area contributed by atoms with Crippen LogP contribution < -0.4 is 0 Å². The van der Waals surface area contributed by atoms with Gasteiger partial charge in [0.25, 0.3) is 0 Å². The van der Waals surface area contributed by atoms with Crippen LogP contribution in [0.5, 0.6) is 0 Å². The molecule has 0 spiro atoms. The molecule has 90 valence electrons. The molecule has 1 nitrogen and oxygen atoms in total. The van der Waals surface area contributed by atoms with Gasteiger partial charge in [0.15, 0.2) is 0 Å². The first-order valence-corrected chi connectivity index (χ1v) is 6.08. The van der Waals surface area contributed by atoms with Crippen molar-refractivity contribution in [3.8, 4) is 0 Å². The van der Waals surface area contributed by atoms with Crippen LogP contribution in [0.25, 0.3) is 0 Å². The molecule has 1 rings (SSSR count). The molecule has 2 unspecified atom stereocenters. The molecule has 0 saturated carbocycles. The Morgan fingerprint density at radius 3 is 2.56 bits per heavy atom. The first kappa shape index (κ1) is 13.2. The molecule has 1 heteroatoms. The smallest absolute Gasteiger partial charge is 0.0841 e. The van der Waals surface area contributed by atoms with Gasteiger partial charge in [-0.1, -0.05) is 23.8 Å². The molecule has 1 heterocycles. The Hall–Kier alpha value is -0.820. The summed E-state index contributed by atoms with van der Waals surface area (Å²) in [4.78, 5) is 0. The second-order valence-electron chi connectivity index (χ2n) is 5.13. The number of rotatable bonds is 4. The van der Waals surface area contributed by atoms with Crippen molar-refractivity contribution in [2.24, 2.45) is 0 Å². The highest BCUT2D eigenvalue weighted by Gasteiger charge is 2.33. The van der Waals surface area contributed by atoms with E-state index in [-0.39, 0.29) is 11.7 Å². The van der Waals surface area contributed by atoms with Crippen molar-refractivity contribution in [1.82, 2.24) is 0 Å². The summed E-state index contributed by atoms with van der Waals surface area (Å²) >= 11 is 0. The number of ether oxygens (including phenoxy) is 1. The van der Waals surface area contributed by atoms with Gasteiger partial charge in [-0.2, -0.15) is 0 Å². The van der Waals surface area contributed by atoms with Crippen molar-refractivity contribution in [2.75, 3.05) is 0 Å². The van der Waals surface area contributed by atoms with Gasteiger partial charge in [-0.15, -0.1) is 6.58 Å². The summed E-state index contributed by atoms with van der Waals surface area (Å²) in [6.45, 7) is 12.4. The van der Waals surface area contributed by atoms with Crippen LogP contribution in [-0.2, 0) is 4.74 Å². The van der Waals surface area contributed by atoms with E-state index in [1.807, 2.05) is 6.08 Å². The highest BCUT2D eigenvalue weighted by Crippen LogP contribution is 2.34. The topological polar surface area (TPSA) is 9.23 Å². The monoisotopic (exact) mass is 220 g/mol. The zero-order chi connectivity index (χ0) is 12.2. The van der Waals surface area contributed by atoms with E-state index >= 15 is 0 Å². The Balaban J connectivity index is 2.53. The zero-order valence-electron chi connectivity index (χ0n) is 11.0. The van der Waals surface area contributed by atoms with Gasteiger partial charge in [-0.25, -0.2) is 0 Å². The van der Waals surface area contributed by atoms with E-state index in [0.717, 1.165) is 19.3 Å². The third kappa shape index (κ3) is 3.64. The van der Waals surface area contributed by atoms with Gasteiger partial charge in [-0.3, -0.25) is 0 Å². The Labute approximate surface area is 99.9 Å². The van der Waals surface area contributed by atoms with Gasteiger partial charge >= 0.3 is 0 Å². The molecule has 0 radical (unpaired) electrons. The lowest BCUT2D eigenvalue weighted by atomic mass is 10.0. The molecule has 16 heavy (non-hydrogen) atoms. The van der Waals surface area contributed by atoms with Crippen LogP contribution in [0.2, 0.25) is 0 Å². The largest absolute Gasteiger partial charge is 0.364 e. The predicted octanol–water partition coefficient (Wildman–Crippen LogP) is 4.41. The number of allylic oxidation sites excluding steroid dienone is 3. The minimum Gasteiger partial charge on any atom is -0.364 e. The fraction of sp³-hybridized carbons (Fsp3) is 0.600. The van der Waals surface area contributed by atoms with Crippen LogP contribution in [-0.4, -0.2) is 11.7 Å². The molecule has 1 fully saturated rings. The Morgan fingerprint density at radius 2 is 2.06 bits per heavy atom. The van der Waals surface area contributed by atoms with Crippen LogP contribution in [0.1, 0.15) is 47.0 Å². The van der Waals surface area contributed by atoms with E-state index in [1.54, 1.807) is 0 Å². The summed E-state index contributed by atoms with van der Waals surface area (Å²) < 4.78 is 6.01. The minimum absolute atomic E-state index is 0.115. The van der Waals surface area contributed by atoms with E-state index < -0.39 is 0 Å². The first-order valence-electron chi connectivity index (χ1n) is 6.08. The standard InChI is InChI=1S/C15H24O/c1-6-15(5)11-10-14(16-15)13(4)9-7-8-12(2)3/h6,8-9,14H,1,7,10-11H2,2-5H3/b13-9+. The summed E-state index contributed by atoms with van der Waals surface area (Å²) in [6, 6.07) is 0. The highest BCUT2D eigenvalue weighted by molar-refractivity contribution is 5.13. The van der Waals surface area contributed by atoms with Gasteiger partial charge in [0.1, 0.15) is 0 Å². The maximum atomic E-state index is 6.01. The molecule has 2 atom stereocenters. The molecular formula is C15H24O.